The number of carbonyl (C=O) groups is 1. The molecule has 2 rings (SSSR count). The van der Waals surface area contributed by atoms with Crippen molar-refractivity contribution >= 4 is 5.91 Å². The molecule has 0 unspecified atom stereocenters. The summed E-state index contributed by atoms with van der Waals surface area (Å²) in [6.07, 6.45) is -2.89. The van der Waals surface area contributed by atoms with Gasteiger partial charge in [0.15, 0.2) is 0 Å². The summed E-state index contributed by atoms with van der Waals surface area (Å²) in [5.74, 6) is -0.266. The first-order chi connectivity index (χ1) is 10.8. The highest BCUT2D eigenvalue weighted by Gasteiger charge is 2.31. The van der Waals surface area contributed by atoms with Crippen LogP contribution >= 0.6 is 0 Å². The van der Waals surface area contributed by atoms with Crippen molar-refractivity contribution in [2.24, 2.45) is 7.05 Å². The number of halogens is 3. The number of hydrogen-bond acceptors (Lipinski definition) is 2. The van der Waals surface area contributed by atoms with Crippen molar-refractivity contribution in [1.82, 2.24) is 14.7 Å². The molecule has 0 saturated heterocycles. The SMILES string of the molecule is CCN(C(=O)c1ccnn1C)[C@H](C)c1cccc(C(F)(F)F)c1. The Hall–Kier alpha value is -2.31. The lowest BCUT2D eigenvalue weighted by molar-refractivity contribution is -0.137. The quantitative estimate of drug-likeness (QED) is 0.860. The summed E-state index contributed by atoms with van der Waals surface area (Å²) in [5, 5.41) is 3.95. The Morgan fingerprint density at radius 3 is 2.57 bits per heavy atom. The van der Waals surface area contributed by atoms with Gasteiger partial charge in [0.2, 0.25) is 0 Å². The number of rotatable bonds is 4. The molecule has 0 N–H and O–H groups in total. The smallest absolute Gasteiger partial charge is 0.331 e. The van der Waals surface area contributed by atoms with E-state index in [1.807, 2.05) is 0 Å². The zero-order valence-corrected chi connectivity index (χ0v) is 13.1. The third-order valence-electron chi connectivity index (χ3n) is 3.81. The van der Waals surface area contributed by atoms with Crippen LogP contribution < -0.4 is 0 Å². The van der Waals surface area contributed by atoms with E-state index in [9.17, 15) is 18.0 Å². The molecule has 4 nitrogen and oxygen atoms in total. The van der Waals surface area contributed by atoms with Gasteiger partial charge in [-0.25, -0.2) is 0 Å². The van der Waals surface area contributed by atoms with Crippen molar-refractivity contribution in [3.63, 3.8) is 0 Å². The van der Waals surface area contributed by atoms with Crippen molar-refractivity contribution in [2.75, 3.05) is 6.54 Å². The Balaban J connectivity index is 2.32. The van der Waals surface area contributed by atoms with E-state index >= 15 is 0 Å². The van der Waals surface area contributed by atoms with Crippen LogP contribution in [0.15, 0.2) is 36.5 Å². The Kier molecular flexibility index (Phi) is 4.77. The minimum Gasteiger partial charge on any atom is -0.331 e. The fourth-order valence-corrected chi connectivity index (χ4v) is 2.48. The Labute approximate surface area is 132 Å². The molecular formula is C16H18F3N3O. The molecule has 0 aliphatic rings. The summed E-state index contributed by atoms with van der Waals surface area (Å²) >= 11 is 0. The second-order valence-electron chi connectivity index (χ2n) is 5.23. The highest BCUT2D eigenvalue weighted by Crippen LogP contribution is 2.32. The van der Waals surface area contributed by atoms with Gasteiger partial charge in [0.05, 0.1) is 11.6 Å². The molecule has 2 aromatic rings. The van der Waals surface area contributed by atoms with E-state index in [1.54, 1.807) is 33.0 Å². The summed E-state index contributed by atoms with van der Waals surface area (Å²) in [4.78, 5) is 14.1. The van der Waals surface area contributed by atoms with Gasteiger partial charge in [-0.05, 0) is 37.6 Å². The third kappa shape index (κ3) is 3.55. The molecule has 0 aliphatic heterocycles. The van der Waals surface area contributed by atoms with Gasteiger partial charge in [0, 0.05) is 19.8 Å². The van der Waals surface area contributed by atoms with Crippen molar-refractivity contribution in [3.05, 3.63) is 53.3 Å². The summed E-state index contributed by atoms with van der Waals surface area (Å²) in [5.41, 5.74) is 0.119. The number of hydrogen-bond donors (Lipinski definition) is 0. The van der Waals surface area contributed by atoms with E-state index in [-0.39, 0.29) is 5.91 Å². The molecule has 1 amide bonds. The van der Waals surface area contributed by atoms with Crippen LogP contribution in [0.3, 0.4) is 0 Å². The summed E-state index contributed by atoms with van der Waals surface area (Å²) in [7, 11) is 1.65. The zero-order chi connectivity index (χ0) is 17.2. The van der Waals surface area contributed by atoms with Gasteiger partial charge in [-0.3, -0.25) is 9.48 Å². The van der Waals surface area contributed by atoms with Crippen LogP contribution in [0.2, 0.25) is 0 Å². The molecule has 0 saturated carbocycles. The Morgan fingerprint density at radius 2 is 2.04 bits per heavy atom. The van der Waals surface area contributed by atoms with Crippen LogP contribution in [0.25, 0.3) is 0 Å². The second kappa shape index (κ2) is 6.44. The van der Waals surface area contributed by atoms with Crippen LogP contribution in [-0.4, -0.2) is 27.1 Å². The standard InChI is InChI=1S/C16H18F3N3O/c1-4-22(15(23)14-8-9-20-21(14)3)11(2)12-6-5-7-13(10-12)16(17,18)19/h5-11H,4H2,1-3H3/t11-/m1/s1. The van der Waals surface area contributed by atoms with Gasteiger partial charge in [-0.15, -0.1) is 0 Å². The highest BCUT2D eigenvalue weighted by molar-refractivity contribution is 5.92. The number of benzene rings is 1. The van der Waals surface area contributed by atoms with Crippen molar-refractivity contribution < 1.29 is 18.0 Å². The van der Waals surface area contributed by atoms with Crippen molar-refractivity contribution in [1.29, 1.82) is 0 Å². The van der Waals surface area contributed by atoms with Crippen LogP contribution in [-0.2, 0) is 13.2 Å². The summed E-state index contributed by atoms with van der Waals surface area (Å²) in [6.45, 7) is 3.88. The average Bonchev–Trinajstić information content (AvgIpc) is 2.93. The fourth-order valence-electron chi connectivity index (χ4n) is 2.48. The van der Waals surface area contributed by atoms with Crippen molar-refractivity contribution in [2.45, 2.75) is 26.1 Å². The van der Waals surface area contributed by atoms with E-state index in [2.05, 4.69) is 5.10 Å². The first kappa shape index (κ1) is 17.1. The largest absolute Gasteiger partial charge is 0.416 e. The number of aryl methyl sites for hydroxylation is 1. The maximum atomic E-state index is 12.9. The van der Waals surface area contributed by atoms with E-state index < -0.39 is 17.8 Å². The van der Waals surface area contributed by atoms with Crippen molar-refractivity contribution in [3.8, 4) is 0 Å². The van der Waals surface area contributed by atoms with Gasteiger partial charge in [-0.1, -0.05) is 12.1 Å². The molecule has 7 heteroatoms. The first-order valence-electron chi connectivity index (χ1n) is 7.21. The molecule has 0 bridgehead atoms. The summed E-state index contributed by atoms with van der Waals surface area (Å²) in [6, 6.07) is 6.17. The monoisotopic (exact) mass is 325 g/mol. The lowest BCUT2D eigenvalue weighted by Gasteiger charge is -2.28. The van der Waals surface area contributed by atoms with E-state index in [0.29, 0.717) is 17.8 Å². The predicted octanol–water partition coefficient (Wildman–Crippen LogP) is 3.66. The van der Waals surface area contributed by atoms with Crippen LogP contribution in [0.4, 0.5) is 13.2 Å². The summed E-state index contributed by atoms with van der Waals surface area (Å²) < 4.78 is 40.0. The van der Waals surface area contributed by atoms with Crippen LogP contribution in [0.5, 0.6) is 0 Å². The maximum Gasteiger partial charge on any atom is 0.416 e. The second-order valence-corrected chi connectivity index (χ2v) is 5.23. The Morgan fingerprint density at radius 1 is 1.35 bits per heavy atom. The minimum absolute atomic E-state index is 0.266. The molecule has 1 atom stereocenters. The number of aromatic nitrogens is 2. The fraction of sp³-hybridized carbons (Fsp3) is 0.375. The van der Waals surface area contributed by atoms with Gasteiger partial charge in [0.25, 0.3) is 5.91 Å². The topological polar surface area (TPSA) is 38.1 Å². The first-order valence-corrected chi connectivity index (χ1v) is 7.21. The third-order valence-corrected chi connectivity index (χ3v) is 3.81. The van der Waals surface area contributed by atoms with Gasteiger partial charge in [-0.2, -0.15) is 18.3 Å². The van der Waals surface area contributed by atoms with Crippen LogP contribution in [0, 0.1) is 0 Å². The molecule has 23 heavy (non-hydrogen) atoms. The zero-order valence-electron chi connectivity index (χ0n) is 13.1. The van der Waals surface area contributed by atoms with Gasteiger partial charge in [0.1, 0.15) is 5.69 Å². The van der Waals surface area contributed by atoms with E-state index in [4.69, 9.17) is 0 Å². The molecule has 0 aliphatic carbocycles. The maximum absolute atomic E-state index is 12.9. The average molecular weight is 325 g/mol. The molecule has 124 valence electrons. The minimum atomic E-state index is -4.40. The molecular weight excluding hydrogens is 307 g/mol. The van der Waals surface area contributed by atoms with E-state index in [1.165, 1.54) is 21.8 Å². The van der Waals surface area contributed by atoms with Gasteiger partial charge < -0.3 is 4.90 Å². The van der Waals surface area contributed by atoms with Crippen LogP contribution in [0.1, 0.15) is 41.5 Å². The number of carbonyl (C=O) groups excluding carboxylic acids is 1. The predicted molar refractivity (Wildman–Crippen MR) is 79.8 cm³/mol. The lowest BCUT2D eigenvalue weighted by Crippen LogP contribution is -2.34. The molecule has 1 heterocycles. The molecule has 0 spiro atoms. The number of alkyl halides is 3. The van der Waals surface area contributed by atoms with Gasteiger partial charge >= 0.3 is 6.18 Å². The highest BCUT2D eigenvalue weighted by atomic mass is 19.4. The Bertz CT molecular complexity index is 694. The molecule has 0 radical (unpaired) electrons. The molecule has 0 fully saturated rings. The lowest BCUT2D eigenvalue weighted by atomic mass is 10.0. The molecule has 1 aromatic heterocycles. The normalized spacial score (nSPS) is 13.0. The number of amides is 1. The number of nitrogens with zero attached hydrogens (tertiary/aromatic N) is 3. The molecule has 1 aromatic carbocycles. The van der Waals surface area contributed by atoms with E-state index in [0.717, 1.165) is 12.1 Å².